The molecule has 1 saturated carbocycles. The number of ether oxygens (including phenoxy) is 1. The lowest BCUT2D eigenvalue weighted by Gasteiger charge is -2.37. The van der Waals surface area contributed by atoms with E-state index in [1.807, 2.05) is 43.8 Å². The van der Waals surface area contributed by atoms with Crippen LogP contribution in [-0.4, -0.2) is 72.8 Å². The second-order valence-electron chi connectivity index (χ2n) is 10.7. The summed E-state index contributed by atoms with van der Waals surface area (Å²) in [5, 5.41) is 13.0. The number of hydrogen-bond donors (Lipinski definition) is 0. The molecule has 0 N–H and O–H groups in total. The molecule has 35 heavy (non-hydrogen) atoms. The average molecular weight is 476 g/mol. The van der Waals surface area contributed by atoms with E-state index in [9.17, 15) is 0 Å². The highest BCUT2D eigenvalue weighted by molar-refractivity contribution is 5.26. The molecule has 1 aliphatic carbocycles. The molecular weight excluding hydrogens is 438 g/mol. The van der Waals surface area contributed by atoms with E-state index in [0.29, 0.717) is 12.4 Å². The topological polar surface area (TPSA) is 72.2 Å². The number of pyridine rings is 1. The molecular formula is C27H37N7O. The van der Waals surface area contributed by atoms with Crippen molar-refractivity contribution in [1.82, 2.24) is 35.0 Å². The van der Waals surface area contributed by atoms with Crippen LogP contribution in [0.1, 0.15) is 69.4 Å². The second kappa shape index (κ2) is 10.4. The van der Waals surface area contributed by atoms with Gasteiger partial charge in [-0.25, -0.2) is 9.67 Å². The molecule has 0 bridgehead atoms. The molecule has 1 unspecified atom stereocenters. The minimum Gasteiger partial charge on any atom is -0.472 e. The molecule has 186 valence electrons. The first-order valence-corrected chi connectivity index (χ1v) is 12.9. The van der Waals surface area contributed by atoms with Crippen molar-refractivity contribution >= 4 is 0 Å². The molecule has 2 aromatic heterocycles. The fraction of sp³-hybridized carbons (Fsp3) is 0.556. The van der Waals surface area contributed by atoms with E-state index < -0.39 is 0 Å². The third kappa shape index (κ3) is 5.87. The molecule has 1 aromatic carbocycles. The molecule has 1 aliphatic heterocycles. The van der Waals surface area contributed by atoms with Crippen LogP contribution in [0.15, 0.2) is 48.7 Å². The third-order valence-corrected chi connectivity index (χ3v) is 6.99. The van der Waals surface area contributed by atoms with Gasteiger partial charge in [-0.2, -0.15) is 0 Å². The van der Waals surface area contributed by atoms with Crippen molar-refractivity contribution in [2.75, 3.05) is 26.2 Å². The van der Waals surface area contributed by atoms with E-state index in [2.05, 4.69) is 60.6 Å². The van der Waals surface area contributed by atoms with E-state index in [1.54, 1.807) is 0 Å². The van der Waals surface area contributed by atoms with Crippen LogP contribution < -0.4 is 4.74 Å². The summed E-state index contributed by atoms with van der Waals surface area (Å²) in [4.78, 5) is 9.88. The average Bonchev–Trinajstić information content (AvgIpc) is 3.10. The van der Waals surface area contributed by atoms with Gasteiger partial charge in [-0.15, -0.1) is 5.10 Å². The van der Waals surface area contributed by atoms with Gasteiger partial charge < -0.3 is 4.74 Å². The highest BCUT2D eigenvalue weighted by Gasteiger charge is 2.32. The Morgan fingerprint density at radius 2 is 1.80 bits per heavy atom. The summed E-state index contributed by atoms with van der Waals surface area (Å²) in [7, 11) is 0. The summed E-state index contributed by atoms with van der Waals surface area (Å²) in [6, 6.07) is 15.2. The second-order valence-corrected chi connectivity index (χ2v) is 10.7. The lowest BCUT2D eigenvalue weighted by Crippen LogP contribution is -2.42. The predicted octanol–water partition coefficient (Wildman–Crippen LogP) is 3.94. The maximum Gasteiger partial charge on any atom is 0.213 e. The normalized spacial score (nSPS) is 19.2. The minimum absolute atomic E-state index is 0.0637. The van der Waals surface area contributed by atoms with Crippen LogP contribution in [0.25, 0.3) is 0 Å². The highest BCUT2D eigenvalue weighted by Crippen LogP contribution is 2.31. The van der Waals surface area contributed by atoms with Crippen LogP contribution in [0.3, 0.4) is 0 Å². The first-order chi connectivity index (χ1) is 17.0. The van der Waals surface area contributed by atoms with Crippen molar-refractivity contribution in [2.45, 2.75) is 70.7 Å². The number of rotatable bonds is 7. The maximum atomic E-state index is 5.98. The predicted molar refractivity (Wildman–Crippen MR) is 135 cm³/mol. The zero-order valence-electron chi connectivity index (χ0n) is 21.2. The number of aromatic nitrogens is 5. The molecule has 0 amide bonds. The molecule has 8 heteroatoms. The summed E-state index contributed by atoms with van der Waals surface area (Å²) in [5.41, 5.74) is 1.98. The quantitative estimate of drug-likeness (QED) is 0.512. The Bertz CT molecular complexity index is 1070. The third-order valence-electron chi connectivity index (χ3n) is 6.99. The fourth-order valence-electron chi connectivity index (χ4n) is 5.06. The van der Waals surface area contributed by atoms with Crippen LogP contribution >= 0.6 is 0 Å². The molecule has 3 aromatic rings. The van der Waals surface area contributed by atoms with Gasteiger partial charge in [0.1, 0.15) is 5.60 Å². The number of benzene rings is 1. The number of nitrogens with zero attached hydrogens (tertiary/aromatic N) is 7. The van der Waals surface area contributed by atoms with Gasteiger partial charge in [0, 0.05) is 37.9 Å². The van der Waals surface area contributed by atoms with Crippen molar-refractivity contribution in [3.63, 3.8) is 0 Å². The van der Waals surface area contributed by atoms with E-state index in [-0.39, 0.29) is 11.6 Å². The van der Waals surface area contributed by atoms with Crippen LogP contribution in [0.5, 0.6) is 5.88 Å². The number of tetrazole rings is 1. The Balaban J connectivity index is 1.44. The van der Waals surface area contributed by atoms with Crippen LogP contribution in [0, 0.1) is 0 Å². The first-order valence-electron chi connectivity index (χ1n) is 12.9. The smallest absolute Gasteiger partial charge is 0.213 e. The molecule has 1 atom stereocenters. The summed E-state index contributed by atoms with van der Waals surface area (Å²) in [6.07, 6.45) is 7.14. The van der Waals surface area contributed by atoms with Gasteiger partial charge in [-0.1, -0.05) is 42.8 Å². The Morgan fingerprint density at radius 1 is 0.971 bits per heavy atom. The van der Waals surface area contributed by atoms with Gasteiger partial charge >= 0.3 is 0 Å². The highest BCUT2D eigenvalue weighted by atomic mass is 16.5. The molecule has 3 heterocycles. The van der Waals surface area contributed by atoms with E-state index in [1.165, 1.54) is 31.4 Å². The maximum absolute atomic E-state index is 5.98. The largest absolute Gasteiger partial charge is 0.472 e. The van der Waals surface area contributed by atoms with Gasteiger partial charge in [0.15, 0.2) is 5.82 Å². The summed E-state index contributed by atoms with van der Waals surface area (Å²) >= 11 is 0. The molecule has 2 fully saturated rings. The van der Waals surface area contributed by atoms with E-state index in [4.69, 9.17) is 4.74 Å². The Hall–Kier alpha value is -2.84. The molecule has 5 rings (SSSR count). The van der Waals surface area contributed by atoms with Gasteiger partial charge in [-0.05, 0) is 68.1 Å². The van der Waals surface area contributed by atoms with Crippen LogP contribution in [-0.2, 0) is 6.54 Å². The standard InChI is InChI=1S/C27H37N7O/c1-27(2,3)35-24-14-13-22(19-28-24)25(33-16-8-15-32(17-18-33)23-11-7-12-23)26-29-30-31-34(26)20-21-9-5-4-6-10-21/h4-6,9-10,13-14,19,23,25H,7-8,11-12,15-18,20H2,1-3H3. The van der Waals surface area contributed by atoms with Crippen LogP contribution in [0.4, 0.5) is 0 Å². The molecule has 0 radical (unpaired) electrons. The minimum atomic E-state index is -0.288. The summed E-state index contributed by atoms with van der Waals surface area (Å²) in [6.45, 7) is 11.0. The fourth-order valence-corrected chi connectivity index (χ4v) is 5.06. The van der Waals surface area contributed by atoms with Crippen molar-refractivity contribution in [3.05, 3.63) is 65.6 Å². The van der Waals surface area contributed by atoms with Crippen molar-refractivity contribution < 1.29 is 4.74 Å². The van der Waals surface area contributed by atoms with E-state index >= 15 is 0 Å². The van der Waals surface area contributed by atoms with Gasteiger partial charge in [0.25, 0.3) is 0 Å². The zero-order chi connectivity index (χ0) is 24.3. The van der Waals surface area contributed by atoms with Gasteiger partial charge in [0.05, 0.1) is 12.6 Å². The monoisotopic (exact) mass is 475 g/mol. The summed E-state index contributed by atoms with van der Waals surface area (Å²) < 4.78 is 7.92. The van der Waals surface area contributed by atoms with E-state index in [0.717, 1.165) is 43.5 Å². The Kier molecular flexibility index (Phi) is 7.11. The first kappa shape index (κ1) is 23.9. The number of hydrogen-bond acceptors (Lipinski definition) is 7. The molecule has 1 saturated heterocycles. The SMILES string of the molecule is CC(C)(C)Oc1ccc(C(c2nnnn2Cc2ccccc2)N2CCCN(C3CCC3)CC2)cn1. The van der Waals surface area contributed by atoms with Crippen molar-refractivity contribution in [2.24, 2.45) is 0 Å². The van der Waals surface area contributed by atoms with Crippen molar-refractivity contribution in [1.29, 1.82) is 0 Å². The lowest BCUT2D eigenvalue weighted by molar-refractivity contribution is 0.123. The van der Waals surface area contributed by atoms with Crippen LogP contribution in [0.2, 0.25) is 0 Å². The van der Waals surface area contributed by atoms with Gasteiger partial charge in [0.2, 0.25) is 5.88 Å². The lowest BCUT2D eigenvalue weighted by atomic mass is 9.91. The molecule has 8 nitrogen and oxygen atoms in total. The summed E-state index contributed by atoms with van der Waals surface area (Å²) in [5.74, 6) is 1.49. The molecule has 0 spiro atoms. The zero-order valence-corrected chi connectivity index (χ0v) is 21.2. The van der Waals surface area contributed by atoms with Crippen molar-refractivity contribution in [3.8, 4) is 5.88 Å². The Morgan fingerprint density at radius 3 is 2.49 bits per heavy atom. The Labute approximate surface area is 208 Å². The van der Waals surface area contributed by atoms with Gasteiger partial charge in [-0.3, -0.25) is 9.80 Å². The molecule has 2 aliphatic rings.